The van der Waals surface area contributed by atoms with Gasteiger partial charge in [0.2, 0.25) is 15.9 Å². The van der Waals surface area contributed by atoms with Crippen molar-refractivity contribution in [3.8, 4) is 0 Å². The molecule has 0 saturated carbocycles. The lowest BCUT2D eigenvalue weighted by Gasteiger charge is -2.14. The first-order chi connectivity index (χ1) is 11.7. The van der Waals surface area contributed by atoms with E-state index in [-0.39, 0.29) is 23.9 Å². The highest BCUT2D eigenvalue weighted by molar-refractivity contribution is 7.89. The van der Waals surface area contributed by atoms with Crippen LogP contribution in [0, 0.1) is 0 Å². The molecule has 0 spiro atoms. The minimum absolute atomic E-state index is 0.0243. The number of nitrogens with zero attached hydrogens (tertiary/aromatic N) is 2. The molecule has 140 valence electrons. The average Bonchev–Trinajstić information content (AvgIpc) is 2.56. The maximum absolute atomic E-state index is 12.2. The van der Waals surface area contributed by atoms with E-state index in [0.29, 0.717) is 18.9 Å². The number of carbonyl (C=O) groups excluding carboxylic acids is 1. The highest BCUT2D eigenvalue weighted by Gasteiger charge is 2.08. The Kier molecular flexibility index (Phi) is 8.29. The number of nitrogens with two attached hydrogens (primary N) is 1. The number of alkyl halides is 1. The molecule has 0 heterocycles. The summed E-state index contributed by atoms with van der Waals surface area (Å²) in [5.41, 5.74) is 0.762. The van der Waals surface area contributed by atoms with Crippen molar-refractivity contribution in [3.05, 3.63) is 29.8 Å². The van der Waals surface area contributed by atoms with Crippen LogP contribution in [0.25, 0.3) is 0 Å². The van der Waals surface area contributed by atoms with Gasteiger partial charge >= 0.3 is 0 Å². The Balaban J connectivity index is 2.74. The van der Waals surface area contributed by atoms with Crippen LogP contribution in [0.3, 0.4) is 0 Å². The second kappa shape index (κ2) is 9.94. The van der Waals surface area contributed by atoms with E-state index in [1.54, 1.807) is 26.2 Å². The number of rotatable bonds is 8. The van der Waals surface area contributed by atoms with Gasteiger partial charge in [0.15, 0.2) is 5.96 Å². The van der Waals surface area contributed by atoms with Gasteiger partial charge < -0.3 is 15.5 Å². The molecule has 0 fully saturated rings. The number of primary sulfonamides is 1. The molecule has 1 rings (SSSR count). The summed E-state index contributed by atoms with van der Waals surface area (Å²) in [7, 11) is -0.444. The van der Waals surface area contributed by atoms with Crippen molar-refractivity contribution in [2.24, 2.45) is 10.1 Å². The summed E-state index contributed by atoms with van der Waals surface area (Å²) in [4.78, 5) is 17.4. The molecule has 1 aromatic rings. The van der Waals surface area contributed by atoms with Crippen LogP contribution >= 0.6 is 0 Å². The van der Waals surface area contributed by atoms with Crippen LogP contribution in [0.4, 0.5) is 4.39 Å². The van der Waals surface area contributed by atoms with E-state index in [0.717, 1.165) is 5.56 Å². The molecule has 25 heavy (non-hydrogen) atoms. The normalized spacial score (nSPS) is 11.9. The summed E-state index contributed by atoms with van der Waals surface area (Å²) < 4.78 is 34.7. The zero-order valence-electron chi connectivity index (χ0n) is 14.3. The third kappa shape index (κ3) is 7.94. The molecular formula is C15H24FN5O3S. The smallest absolute Gasteiger partial charge is 0.241 e. The van der Waals surface area contributed by atoms with Crippen molar-refractivity contribution in [2.75, 3.05) is 33.9 Å². The standard InChI is InChI=1S/C15H24FN5O3S/c1-21(2)14(22)11-20-15(18-9-3-8-16)19-10-12-4-6-13(7-5-12)25(17,23)24/h4-7H,3,8-11H2,1-2H3,(H2,17,23,24)(H2,18,19,20). The Morgan fingerprint density at radius 1 is 1.24 bits per heavy atom. The first kappa shape index (κ1) is 20.8. The fourth-order valence-corrected chi connectivity index (χ4v) is 2.24. The number of aliphatic imine (C=N–C) groups is 1. The summed E-state index contributed by atoms with van der Waals surface area (Å²) in [6.45, 7) is 0.236. The average molecular weight is 373 g/mol. The van der Waals surface area contributed by atoms with Gasteiger partial charge in [0, 0.05) is 20.6 Å². The summed E-state index contributed by atoms with van der Waals surface area (Å²) in [5, 5.41) is 10.9. The fourth-order valence-electron chi connectivity index (χ4n) is 1.72. The van der Waals surface area contributed by atoms with E-state index in [1.165, 1.54) is 17.0 Å². The van der Waals surface area contributed by atoms with Gasteiger partial charge in [-0.2, -0.15) is 0 Å². The van der Waals surface area contributed by atoms with Gasteiger partial charge in [0.1, 0.15) is 0 Å². The predicted molar refractivity (Wildman–Crippen MR) is 94.2 cm³/mol. The quantitative estimate of drug-likeness (QED) is 0.332. The van der Waals surface area contributed by atoms with Gasteiger partial charge in [0.05, 0.1) is 24.7 Å². The van der Waals surface area contributed by atoms with Crippen molar-refractivity contribution < 1.29 is 17.6 Å². The van der Waals surface area contributed by atoms with E-state index >= 15 is 0 Å². The van der Waals surface area contributed by atoms with Crippen LogP contribution in [0.1, 0.15) is 12.0 Å². The van der Waals surface area contributed by atoms with Crippen LogP contribution in [0.15, 0.2) is 34.2 Å². The summed E-state index contributed by atoms with van der Waals surface area (Å²) in [6, 6.07) is 6.01. The summed E-state index contributed by atoms with van der Waals surface area (Å²) >= 11 is 0. The first-order valence-corrected chi connectivity index (χ1v) is 9.18. The fraction of sp³-hybridized carbons (Fsp3) is 0.467. The number of halogens is 1. The van der Waals surface area contributed by atoms with Crippen LogP contribution in [0.5, 0.6) is 0 Å². The minimum Gasteiger partial charge on any atom is -0.356 e. The Labute approximate surface area is 147 Å². The number of likely N-dealkylation sites (N-methyl/N-ethyl adjacent to an activating group) is 1. The lowest BCUT2D eigenvalue weighted by molar-refractivity contribution is -0.127. The minimum atomic E-state index is -3.73. The monoisotopic (exact) mass is 373 g/mol. The molecule has 1 aromatic carbocycles. The molecule has 0 aliphatic carbocycles. The highest BCUT2D eigenvalue weighted by atomic mass is 32.2. The zero-order valence-corrected chi connectivity index (χ0v) is 15.1. The molecule has 0 aliphatic rings. The third-order valence-electron chi connectivity index (χ3n) is 3.18. The maximum Gasteiger partial charge on any atom is 0.241 e. The van der Waals surface area contributed by atoms with E-state index in [9.17, 15) is 17.6 Å². The largest absolute Gasteiger partial charge is 0.356 e. The molecule has 0 aliphatic heterocycles. The Bertz CT molecular complexity index is 690. The van der Waals surface area contributed by atoms with E-state index in [2.05, 4.69) is 15.6 Å². The molecule has 0 aromatic heterocycles. The summed E-state index contributed by atoms with van der Waals surface area (Å²) in [5.74, 6) is 0.247. The molecule has 0 saturated heterocycles. The number of hydrogen-bond acceptors (Lipinski definition) is 4. The van der Waals surface area contributed by atoms with Crippen LogP contribution in [-0.2, 0) is 21.4 Å². The van der Waals surface area contributed by atoms with Gasteiger partial charge in [-0.25, -0.2) is 18.5 Å². The van der Waals surface area contributed by atoms with Crippen molar-refractivity contribution in [1.82, 2.24) is 15.5 Å². The number of guanidine groups is 1. The second-order valence-electron chi connectivity index (χ2n) is 5.46. The predicted octanol–water partition coefficient (Wildman–Crippen LogP) is -0.183. The van der Waals surface area contributed by atoms with E-state index < -0.39 is 16.7 Å². The van der Waals surface area contributed by atoms with Gasteiger partial charge in [-0.15, -0.1) is 0 Å². The number of nitrogens with one attached hydrogen (secondary N) is 2. The molecule has 1 amide bonds. The molecule has 0 unspecified atom stereocenters. The SMILES string of the molecule is CN(C)C(=O)CNC(=NCc1ccc(S(N)(=O)=O)cc1)NCCCF. The first-order valence-electron chi connectivity index (χ1n) is 7.64. The molecule has 4 N–H and O–H groups in total. The van der Waals surface area contributed by atoms with E-state index in [1.807, 2.05) is 0 Å². The topological polar surface area (TPSA) is 117 Å². The molecule has 0 radical (unpaired) electrons. The van der Waals surface area contributed by atoms with Crippen LogP contribution < -0.4 is 15.8 Å². The number of sulfonamides is 1. The zero-order chi connectivity index (χ0) is 18.9. The van der Waals surface area contributed by atoms with Crippen LogP contribution in [0.2, 0.25) is 0 Å². The number of hydrogen-bond donors (Lipinski definition) is 3. The molecule has 8 nitrogen and oxygen atoms in total. The molecule has 0 atom stereocenters. The van der Waals surface area contributed by atoms with Crippen molar-refractivity contribution in [1.29, 1.82) is 0 Å². The highest BCUT2D eigenvalue weighted by Crippen LogP contribution is 2.09. The molecule has 0 bridgehead atoms. The van der Waals surface area contributed by atoms with Gasteiger partial charge in [0.25, 0.3) is 0 Å². The van der Waals surface area contributed by atoms with E-state index in [4.69, 9.17) is 5.14 Å². The Morgan fingerprint density at radius 2 is 1.88 bits per heavy atom. The lowest BCUT2D eigenvalue weighted by atomic mass is 10.2. The van der Waals surface area contributed by atoms with Crippen molar-refractivity contribution in [2.45, 2.75) is 17.9 Å². The Hall–Kier alpha value is -2.20. The molecule has 10 heteroatoms. The third-order valence-corrected chi connectivity index (χ3v) is 4.11. The number of benzene rings is 1. The van der Waals surface area contributed by atoms with Crippen molar-refractivity contribution >= 4 is 21.9 Å². The maximum atomic E-state index is 12.2. The van der Waals surface area contributed by atoms with Gasteiger partial charge in [-0.1, -0.05) is 12.1 Å². The number of carbonyl (C=O) groups is 1. The van der Waals surface area contributed by atoms with Gasteiger partial charge in [-0.3, -0.25) is 9.18 Å². The second-order valence-corrected chi connectivity index (χ2v) is 7.03. The lowest BCUT2D eigenvalue weighted by Crippen LogP contribution is -2.43. The van der Waals surface area contributed by atoms with Gasteiger partial charge in [-0.05, 0) is 24.1 Å². The van der Waals surface area contributed by atoms with Crippen molar-refractivity contribution in [3.63, 3.8) is 0 Å². The Morgan fingerprint density at radius 3 is 2.40 bits per heavy atom. The molecular weight excluding hydrogens is 349 g/mol. The summed E-state index contributed by atoms with van der Waals surface area (Å²) in [6.07, 6.45) is 0.325. The number of amides is 1. The van der Waals surface area contributed by atoms with Crippen LogP contribution in [-0.4, -0.2) is 59.0 Å².